The van der Waals surface area contributed by atoms with Crippen molar-refractivity contribution >= 4 is 0 Å². The molecule has 0 radical (unpaired) electrons. The molecule has 0 saturated heterocycles. The van der Waals surface area contributed by atoms with E-state index in [2.05, 4.69) is 20.8 Å². The Morgan fingerprint density at radius 2 is 1.91 bits per heavy atom. The summed E-state index contributed by atoms with van der Waals surface area (Å²) in [6, 6.07) is 0. The van der Waals surface area contributed by atoms with Crippen molar-refractivity contribution < 1.29 is 5.11 Å². The fraction of sp³-hybridized carbons (Fsp3) is 1.00. The number of fused-ring (bicyclic) bond motifs is 2. The Morgan fingerprint density at radius 3 is 2.18 bits per heavy atom. The molecule has 0 amide bonds. The lowest BCUT2D eigenvalue weighted by Crippen LogP contribution is -2.39. The van der Waals surface area contributed by atoms with Crippen LogP contribution in [-0.4, -0.2) is 11.2 Å². The molecule has 1 unspecified atom stereocenters. The van der Waals surface area contributed by atoms with E-state index < -0.39 is 0 Å². The van der Waals surface area contributed by atoms with Crippen molar-refractivity contribution in [3.8, 4) is 0 Å². The summed E-state index contributed by atoms with van der Waals surface area (Å²) in [6.07, 6.45) is 3.76. The SMILES string of the molecule is CC12CC[C@@H](C1)C(C)(C)[C@@H]2O. The number of hydrogen-bond acceptors (Lipinski definition) is 1. The van der Waals surface area contributed by atoms with Gasteiger partial charge >= 0.3 is 0 Å². The summed E-state index contributed by atoms with van der Waals surface area (Å²) in [5, 5.41) is 10.0. The van der Waals surface area contributed by atoms with E-state index in [1.807, 2.05) is 0 Å². The molecule has 1 heteroatoms. The normalized spacial score (nSPS) is 53.5. The summed E-state index contributed by atoms with van der Waals surface area (Å²) >= 11 is 0. The van der Waals surface area contributed by atoms with E-state index in [1.54, 1.807) is 0 Å². The van der Waals surface area contributed by atoms with E-state index in [0.717, 1.165) is 5.92 Å². The highest BCUT2D eigenvalue weighted by molar-refractivity contribution is 5.08. The molecule has 2 bridgehead atoms. The van der Waals surface area contributed by atoms with E-state index in [9.17, 15) is 5.11 Å². The van der Waals surface area contributed by atoms with Gasteiger partial charge in [-0.2, -0.15) is 0 Å². The van der Waals surface area contributed by atoms with Crippen molar-refractivity contribution in [2.24, 2.45) is 16.7 Å². The maximum atomic E-state index is 10.0. The maximum absolute atomic E-state index is 10.0. The molecule has 0 aromatic carbocycles. The fourth-order valence-corrected chi connectivity index (χ4v) is 3.28. The Hall–Kier alpha value is -0.0400. The quantitative estimate of drug-likeness (QED) is 0.567. The van der Waals surface area contributed by atoms with E-state index in [4.69, 9.17) is 0 Å². The second-order valence-corrected chi connectivity index (χ2v) is 5.32. The topological polar surface area (TPSA) is 20.2 Å². The van der Waals surface area contributed by atoms with Gasteiger partial charge in [0.05, 0.1) is 6.10 Å². The average molecular weight is 154 g/mol. The zero-order chi connectivity index (χ0) is 8.28. The number of rotatable bonds is 0. The lowest BCUT2D eigenvalue weighted by Gasteiger charge is -2.38. The van der Waals surface area contributed by atoms with Crippen LogP contribution in [-0.2, 0) is 0 Å². The Balaban J connectivity index is 2.34. The third kappa shape index (κ3) is 0.752. The van der Waals surface area contributed by atoms with Gasteiger partial charge in [0.25, 0.3) is 0 Å². The summed E-state index contributed by atoms with van der Waals surface area (Å²) < 4.78 is 0. The molecule has 0 aromatic heterocycles. The van der Waals surface area contributed by atoms with Gasteiger partial charge in [-0.15, -0.1) is 0 Å². The molecule has 2 rings (SSSR count). The van der Waals surface area contributed by atoms with E-state index >= 15 is 0 Å². The van der Waals surface area contributed by atoms with E-state index in [1.165, 1.54) is 19.3 Å². The lowest BCUT2D eigenvalue weighted by molar-refractivity contribution is -0.0340. The summed E-state index contributed by atoms with van der Waals surface area (Å²) in [4.78, 5) is 0. The molecule has 1 nitrogen and oxygen atoms in total. The summed E-state index contributed by atoms with van der Waals surface area (Å²) in [5.41, 5.74) is 0.446. The van der Waals surface area contributed by atoms with Gasteiger partial charge in [0.1, 0.15) is 0 Å². The van der Waals surface area contributed by atoms with Gasteiger partial charge in [0.2, 0.25) is 0 Å². The van der Waals surface area contributed by atoms with Crippen molar-refractivity contribution in [3.63, 3.8) is 0 Å². The molecule has 2 fully saturated rings. The van der Waals surface area contributed by atoms with Gasteiger partial charge in [-0.05, 0) is 36.0 Å². The van der Waals surface area contributed by atoms with Crippen molar-refractivity contribution in [1.82, 2.24) is 0 Å². The highest BCUT2D eigenvalue weighted by Gasteiger charge is 2.58. The minimum atomic E-state index is -0.0613. The van der Waals surface area contributed by atoms with Crippen LogP contribution in [0.1, 0.15) is 40.0 Å². The van der Waals surface area contributed by atoms with Gasteiger partial charge in [0, 0.05) is 0 Å². The smallest absolute Gasteiger partial charge is 0.0647 e. The van der Waals surface area contributed by atoms with E-state index in [0.29, 0.717) is 0 Å². The van der Waals surface area contributed by atoms with Crippen LogP contribution in [0, 0.1) is 16.7 Å². The Bertz CT molecular complexity index is 181. The highest BCUT2D eigenvalue weighted by atomic mass is 16.3. The summed E-state index contributed by atoms with van der Waals surface area (Å²) in [5.74, 6) is 0.780. The zero-order valence-corrected chi connectivity index (χ0v) is 7.72. The standard InChI is InChI=1S/C10H18O/c1-9(2)7-4-5-10(3,6-7)8(9)11/h7-8,11H,4-6H2,1-3H3/t7-,8-,10?/m0/s1. The molecular weight excluding hydrogens is 136 g/mol. The molecular formula is C10H18O. The maximum Gasteiger partial charge on any atom is 0.0647 e. The Kier molecular flexibility index (Phi) is 1.26. The van der Waals surface area contributed by atoms with Crippen LogP contribution in [0.3, 0.4) is 0 Å². The third-order valence-corrected chi connectivity index (χ3v) is 4.19. The molecule has 0 heterocycles. The molecule has 0 aliphatic heterocycles. The Morgan fingerprint density at radius 1 is 1.27 bits per heavy atom. The van der Waals surface area contributed by atoms with Gasteiger partial charge < -0.3 is 5.11 Å². The van der Waals surface area contributed by atoms with Gasteiger partial charge in [-0.25, -0.2) is 0 Å². The minimum Gasteiger partial charge on any atom is -0.392 e. The number of aliphatic hydroxyl groups is 1. The van der Waals surface area contributed by atoms with Crippen LogP contribution < -0.4 is 0 Å². The van der Waals surface area contributed by atoms with Crippen molar-refractivity contribution in [2.45, 2.75) is 46.1 Å². The molecule has 2 saturated carbocycles. The predicted octanol–water partition coefficient (Wildman–Crippen LogP) is 2.19. The summed E-state index contributed by atoms with van der Waals surface area (Å²) in [7, 11) is 0. The molecule has 2 aliphatic rings. The van der Waals surface area contributed by atoms with Gasteiger partial charge in [0.15, 0.2) is 0 Å². The second-order valence-electron chi connectivity index (χ2n) is 5.32. The average Bonchev–Trinajstić information content (AvgIpc) is 2.36. The predicted molar refractivity (Wildman–Crippen MR) is 45.2 cm³/mol. The number of hydrogen-bond donors (Lipinski definition) is 1. The Labute approximate surface area is 68.8 Å². The fourth-order valence-electron chi connectivity index (χ4n) is 3.28. The van der Waals surface area contributed by atoms with Crippen molar-refractivity contribution in [3.05, 3.63) is 0 Å². The first-order valence-electron chi connectivity index (χ1n) is 4.65. The molecule has 0 spiro atoms. The molecule has 11 heavy (non-hydrogen) atoms. The first kappa shape index (κ1) is 7.60. The first-order chi connectivity index (χ1) is 4.97. The number of aliphatic hydroxyl groups excluding tert-OH is 1. The monoisotopic (exact) mass is 154 g/mol. The minimum absolute atomic E-state index is 0.0613. The van der Waals surface area contributed by atoms with E-state index in [-0.39, 0.29) is 16.9 Å². The largest absolute Gasteiger partial charge is 0.392 e. The van der Waals surface area contributed by atoms with Crippen LogP contribution in [0.5, 0.6) is 0 Å². The van der Waals surface area contributed by atoms with Crippen LogP contribution in [0.4, 0.5) is 0 Å². The molecule has 3 atom stereocenters. The van der Waals surface area contributed by atoms with Crippen LogP contribution in [0.15, 0.2) is 0 Å². The van der Waals surface area contributed by atoms with Crippen LogP contribution >= 0.6 is 0 Å². The van der Waals surface area contributed by atoms with Crippen molar-refractivity contribution in [1.29, 1.82) is 0 Å². The van der Waals surface area contributed by atoms with Crippen molar-refractivity contribution in [2.75, 3.05) is 0 Å². The molecule has 1 N–H and O–H groups in total. The zero-order valence-electron chi connectivity index (χ0n) is 7.72. The second kappa shape index (κ2) is 1.82. The molecule has 64 valence electrons. The molecule has 2 aliphatic carbocycles. The highest BCUT2D eigenvalue weighted by Crippen LogP contribution is 2.62. The first-order valence-corrected chi connectivity index (χ1v) is 4.65. The van der Waals surface area contributed by atoms with Crippen LogP contribution in [0.2, 0.25) is 0 Å². The third-order valence-electron chi connectivity index (χ3n) is 4.19. The van der Waals surface area contributed by atoms with Crippen LogP contribution in [0.25, 0.3) is 0 Å². The van der Waals surface area contributed by atoms with Gasteiger partial charge in [-0.1, -0.05) is 20.8 Å². The van der Waals surface area contributed by atoms with Gasteiger partial charge in [-0.3, -0.25) is 0 Å². The molecule has 0 aromatic rings. The lowest BCUT2D eigenvalue weighted by atomic mass is 9.70. The summed E-state index contributed by atoms with van der Waals surface area (Å²) in [6.45, 7) is 6.67.